The fourth-order valence-corrected chi connectivity index (χ4v) is 12.6. The summed E-state index contributed by atoms with van der Waals surface area (Å²) < 4.78 is 8.90. The van der Waals surface area contributed by atoms with Crippen molar-refractivity contribution < 1.29 is 24.5 Å². The van der Waals surface area contributed by atoms with Crippen LogP contribution in [-0.2, 0) is 63.0 Å². The summed E-state index contributed by atoms with van der Waals surface area (Å²) in [6.07, 6.45) is 8.65. The number of hydrogen-bond donors (Lipinski definition) is 0. The molecular formula is C87H80IrN7O. The summed E-state index contributed by atoms with van der Waals surface area (Å²) in [4.78, 5) is 29.2. The Labute approximate surface area is 579 Å². The molecule has 5 heterocycles. The molecule has 0 aliphatic carbocycles. The Morgan fingerprint density at radius 2 is 1.03 bits per heavy atom. The molecule has 0 aliphatic heterocycles. The van der Waals surface area contributed by atoms with E-state index in [1.807, 2.05) is 73.1 Å². The first kappa shape index (κ1) is 66.2. The molecule has 0 fully saturated rings. The summed E-state index contributed by atoms with van der Waals surface area (Å²) >= 11 is 0. The number of aryl methyl sites for hydroxylation is 4. The number of pyridine rings is 2. The van der Waals surface area contributed by atoms with Gasteiger partial charge in [0.1, 0.15) is 17.2 Å². The van der Waals surface area contributed by atoms with Crippen LogP contribution in [0.2, 0.25) is 0 Å². The van der Waals surface area contributed by atoms with E-state index in [-0.39, 0.29) is 42.8 Å². The topological polar surface area (TPSA) is 95.4 Å². The third kappa shape index (κ3) is 14.5. The molecule has 9 aromatic carbocycles. The maximum absolute atomic E-state index is 6.55. The molecule has 0 bridgehead atoms. The molecule has 0 spiro atoms. The van der Waals surface area contributed by atoms with Crippen molar-refractivity contribution in [3.05, 3.63) is 305 Å². The van der Waals surface area contributed by atoms with Gasteiger partial charge in [0, 0.05) is 39.9 Å². The van der Waals surface area contributed by atoms with Crippen LogP contribution in [0, 0.1) is 18.2 Å². The Morgan fingerprint density at radius 1 is 0.448 bits per heavy atom. The Bertz CT molecular complexity index is 4830. The molecule has 14 rings (SSSR count). The smallest absolute Gasteiger partial charge is 0.501 e. The second-order valence-corrected chi connectivity index (χ2v) is 27.5. The maximum Gasteiger partial charge on any atom is 3.00 e. The number of benzene rings is 9. The van der Waals surface area contributed by atoms with Gasteiger partial charge in [-0.3, -0.25) is 4.98 Å². The van der Waals surface area contributed by atoms with Crippen LogP contribution in [0.1, 0.15) is 137 Å². The Kier molecular flexibility index (Phi) is 19.8. The monoisotopic (exact) mass is 1430 g/mol. The van der Waals surface area contributed by atoms with Crippen LogP contribution in [0.3, 0.4) is 0 Å². The van der Waals surface area contributed by atoms with Crippen LogP contribution in [0.5, 0.6) is 0 Å². The fourth-order valence-electron chi connectivity index (χ4n) is 12.6. The number of furan rings is 1. The van der Waals surface area contributed by atoms with E-state index in [1.165, 1.54) is 55.8 Å². The van der Waals surface area contributed by atoms with Gasteiger partial charge in [0.15, 0.2) is 5.82 Å². The van der Waals surface area contributed by atoms with Crippen LogP contribution in [0.4, 0.5) is 0 Å². The predicted molar refractivity (Wildman–Crippen MR) is 390 cm³/mol. The first-order chi connectivity index (χ1) is 46.0. The number of imidazole rings is 1. The van der Waals surface area contributed by atoms with E-state index < -0.39 is 0 Å². The average Bonchev–Trinajstić information content (AvgIpc) is 1.53. The van der Waals surface area contributed by atoms with Crippen LogP contribution in [0.25, 0.3) is 95.1 Å². The Morgan fingerprint density at radius 3 is 1.68 bits per heavy atom. The molecular weight excluding hydrogens is 1350 g/mol. The third-order valence-corrected chi connectivity index (χ3v) is 17.8. The molecule has 0 N–H and O–H groups in total. The predicted octanol–water partition coefficient (Wildman–Crippen LogP) is 21.3. The van der Waals surface area contributed by atoms with Crippen molar-refractivity contribution in [3.63, 3.8) is 0 Å². The molecule has 8 nitrogen and oxygen atoms in total. The van der Waals surface area contributed by atoms with Crippen LogP contribution < -0.4 is 0 Å². The van der Waals surface area contributed by atoms with Crippen molar-refractivity contribution in [2.45, 2.75) is 124 Å². The van der Waals surface area contributed by atoms with E-state index in [0.717, 1.165) is 122 Å². The summed E-state index contributed by atoms with van der Waals surface area (Å²) in [6.45, 7) is 22.0. The van der Waals surface area contributed by atoms with E-state index in [9.17, 15) is 0 Å². The minimum absolute atomic E-state index is 0. The summed E-state index contributed by atoms with van der Waals surface area (Å²) in [5, 5.41) is 2.15. The molecule has 0 amide bonds. The second kappa shape index (κ2) is 28.7. The van der Waals surface area contributed by atoms with Gasteiger partial charge in [-0.05, 0) is 142 Å². The number of rotatable bonds is 16. The zero-order valence-corrected chi connectivity index (χ0v) is 58.9. The van der Waals surface area contributed by atoms with Crippen molar-refractivity contribution in [3.8, 4) is 62.1 Å². The Balaban J connectivity index is 0.000000188. The van der Waals surface area contributed by atoms with Gasteiger partial charge in [-0.15, -0.1) is 89.5 Å². The van der Waals surface area contributed by atoms with E-state index in [2.05, 4.69) is 260 Å². The molecule has 478 valence electrons. The number of hydrogen-bond acceptors (Lipinski definition) is 7. The van der Waals surface area contributed by atoms with Crippen molar-refractivity contribution >= 4 is 33.0 Å². The summed E-state index contributed by atoms with van der Waals surface area (Å²) in [5.41, 5.74) is 23.3. The molecule has 96 heavy (non-hydrogen) atoms. The van der Waals surface area contributed by atoms with Crippen molar-refractivity contribution in [1.29, 1.82) is 0 Å². The van der Waals surface area contributed by atoms with Crippen LogP contribution in [-0.4, -0.2) is 34.5 Å². The fraction of sp³-hybridized carbons (Fsp3) is 0.218. The first-order valence-electron chi connectivity index (χ1n) is 33.3. The van der Waals surface area contributed by atoms with Gasteiger partial charge in [-0.25, -0.2) is 15.0 Å². The van der Waals surface area contributed by atoms with Crippen LogP contribution >= 0.6 is 0 Å². The Hall–Kier alpha value is -9.79. The number of para-hydroxylation sites is 3. The molecule has 9 heteroatoms. The second-order valence-electron chi connectivity index (χ2n) is 27.5. The van der Waals surface area contributed by atoms with E-state index in [1.54, 1.807) is 0 Å². The maximum atomic E-state index is 6.55. The van der Waals surface area contributed by atoms with Gasteiger partial charge in [-0.1, -0.05) is 207 Å². The SMILES string of the molecule is CC(C)c1cc(-c2ccc(-c3nc(C(C)(C)C)nc(C(C)(C)C)n3)cc2)cc(C(C)C)c1-n1c(-c2[c-]ccc3c2oc2ccccc23)nc2ccccc21.[Ir+3].[c-]1ccccc1-c1cc(CCc2ccccc2Cc2ccccc2CCc2cc[c-]c(-c3ccccn3)c2)ccn1. The minimum atomic E-state index is -0.198. The van der Waals surface area contributed by atoms with E-state index in [4.69, 9.17) is 24.4 Å². The van der Waals surface area contributed by atoms with Gasteiger partial charge in [-0.2, -0.15) is 0 Å². The van der Waals surface area contributed by atoms with E-state index >= 15 is 0 Å². The van der Waals surface area contributed by atoms with Gasteiger partial charge in [0.05, 0.1) is 22.4 Å². The first-order valence-corrected chi connectivity index (χ1v) is 33.3. The molecule has 14 aromatic rings. The van der Waals surface area contributed by atoms with Crippen LogP contribution in [0.15, 0.2) is 235 Å². The van der Waals surface area contributed by atoms with Gasteiger partial charge >= 0.3 is 20.1 Å². The quantitative estimate of drug-likeness (QED) is 0.0889. The zero-order chi connectivity index (χ0) is 65.8. The summed E-state index contributed by atoms with van der Waals surface area (Å²) in [5.74, 6) is 3.61. The zero-order valence-electron chi connectivity index (χ0n) is 56.5. The number of aromatic nitrogens is 7. The molecule has 0 atom stereocenters. The summed E-state index contributed by atoms with van der Waals surface area (Å²) in [6, 6.07) is 86.9. The molecule has 0 radical (unpaired) electrons. The normalized spacial score (nSPS) is 11.8. The minimum Gasteiger partial charge on any atom is -0.501 e. The standard InChI is InChI=1S/C48H48N5O.C39H32N2.Ir/c1-28(2)36-26-32(30-22-24-31(25-23-30)43-50-45(47(5,6)7)52-46(51-43)48(8,9)10)27-37(29(3)4)41(36)53-39-20-13-12-19-38(39)49-44(53)35-18-15-17-34-33-16-11-14-21-40(33)54-42(34)35;1-2-14-34(15-3-1)39-28-31(24-26-41-39)21-23-33-13-5-7-17-36(33)29-35-16-6-4-12-32(35)22-20-30-11-10-18-37(27-30)38-19-8-9-25-40-38;/h11-17,19-29H,1-10H3;1-14,16-17,19,24-28H,20-23,29H2;/q-1;-2;+3. The average molecular weight is 1430 g/mol. The number of fused-ring (bicyclic) bond motifs is 4. The largest absolute Gasteiger partial charge is 3.00 e. The third-order valence-electron chi connectivity index (χ3n) is 17.8. The van der Waals surface area contributed by atoms with Gasteiger partial charge < -0.3 is 19.0 Å². The molecule has 0 aliphatic rings. The van der Waals surface area contributed by atoms with Crippen molar-refractivity contribution in [2.75, 3.05) is 0 Å². The summed E-state index contributed by atoms with van der Waals surface area (Å²) in [7, 11) is 0. The molecule has 0 unspecified atom stereocenters. The number of nitrogens with zero attached hydrogens (tertiary/aromatic N) is 7. The molecule has 5 aromatic heterocycles. The van der Waals surface area contributed by atoms with Crippen molar-refractivity contribution in [2.24, 2.45) is 0 Å². The molecule has 0 saturated heterocycles. The molecule has 0 saturated carbocycles. The van der Waals surface area contributed by atoms with Gasteiger partial charge in [0.2, 0.25) is 0 Å². The van der Waals surface area contributed by atoms with Crippen molar-refractivity contribution in [1.82, 2.24) is 34.5 Å². The van der Waals surface area contributed by atoms with Gasteiger partial charge in [0.25, 0.3) is 0 Å². The van der Waals surface area contributed by atoms with E-state index in [0.29, 0.717) is 5.82 Å².